The molecule has 1 aromatic carbocycles. The molecule has 0 radical (unpaired) electrons. The fourth-order valence-corrected chi connectivity index (χ4v) is 2.30. The number of rotatable bonds is 5. The van der Waals surface area contributed by atoms with Crippen molar-refractivity contribution in [1.29, 1.82) is 5.41 Å². The van der Waals surface area contributed by atoms with E-state index in [0.29, 0.717) is 0 Å². The minimum absolute atomic E-state index is 0.0641. The molecular weight excluding hydrogens is 302 g/mol. The Morgan fingerprint density at radius 3 is 2.76 bits per heavy atom. The summed E-state index contributed by atoms with van der Waals surface area (Å²) in [5, 5.41) is 8.11. The number of benzene rings is 1. The summed E-state index contributed by atoms with van der Waals surface area (Å²) in [5.74, 6) is 0.285. The first kappa shape index (κ1) is 14.5. The molecule has 0 aliphatic heterocycles. The van der Waals surface area contributed by atoms with Crippen LogP contribution in [0.1, 0.15) is 12.5 Å². The van der Waals surface area contributed by atoms with Crippen LogP contribution in [0, 0.1) is 11.3 Å². The van der Waals surface area contributed by atoms with Crippen molar-refractivity contribution in [3.8, 4) is 0 Å². The van der Waals surface area contributed by atoms with Crippen molar-refractivity contribution in [2.75, 3.05) is 13.6 Å². The van der Waals surface area contributed by atoms with E-state index in [-0.39, 0.29) is 11.8 Å². The highest BCUT2D eigenvalue weighted by Gasteiger charge is 2.10. The molecule has 0 saturated heterocycles. The van der Waals surface area contributed by atoms with E-state index in [1.54, 1.807) is 0 Å². The van der Waals surface area contributed by atoms with E-state index in [9.17, 15) is 0 Å². The summed E-state index contributed by atoms with van der Waals surface area (Å²) in [6.45, 7) is 3.45. The van der Waals surface area contributed by atoms with E-state index in [4.69, 9.17) is 22.7 Å². The number of nitrogens with one attached hydrogen (secondary N) is 1. The fourth-order valence-electron chi connectivity index (χ4n) is 1.57. The van der Waals surface area contributed by atoms with Crippen molar-refractivity contribution in [2.24, 2.45) is 11.7 Å². The van der Waals surface area contributed by atoms with Crippen molar-refractivity contribution < 1.29 is 0 Å². The van der Waals surface area contributed by atoms with Crippen molar-refractivity contribution >= 4 is 33.4 Å². The van der Waals surface area contributed by atoms with Crippen LogP contribution in [0.15, 0.2) is 22.7 Å². The first-order chi connectivity index (χ1) is 7.90. The Balaban J connectivity index is 2.62. The molecule has 0 bridgehead atoms. The van der Waals surface area contributed by atoms with E-state index >= 15 is 0 Å². The highest BCUT2D eigenvalue weighted by Crippen LogP contribution is 2.22. The van der Waals surface area contributed by atoms with Gasteiger partial charge in [-0.3, -0.25) is 5.41 Å². The number of amidine groups is 1. The molecular formula is C12H17BrClN3. The van der Waals surface area contributed by atoms with E-state index in [1.165, 1.54) is 0 Å². The molecule has 94 valence electrons. The largest absolute Gasteiger partial charge is 0.387 e. The van der Waals surface area contributed by atoms with Gasteiger partial charge in [-0.25, -0.2) is 0 Å². The predicted octanol–water partition coefficient (Wildman–Crippen LogP) is 3.11. The highest BCUT2D eigenvalue weighted by molar-refractivity contribution is 9.10. The van der Waals surface area contributed by atoms with Gasteiger partial charge in [-0.1, -0.05) is 40.5 Å². The molecule has 0 heterocycles. The fraction of sp³-hybridized carbons (Fsp3) is 0.417. The summed E-state index contributed by atoms with van der Waals surface area (Å²) in [5.41, 5.74) is 6.53. The zero-order valence-corrected chi connectivity index (χ0v) is 12.3. The molecule has 0 spiro atoms. The van der Waals surface area contributed by atoms with E-state index in [1.807, 2.05) is 32.2 Å². The van der Waals surface area contributed by atoms with Gasteiger partial charge in [0.15, 0.2) is 0 Å². The molecule has 0 aromatic heterocycles. The summed E-state index contributed by atoms with van der Waals surface area (Å²) in [6.07, 6.45) is 0. The predicted molar refractivity (Wildman–Crippen MR) is 76.6 cm³/mol. The van der Waals surface area contributed by atoms with Gasteiger partial charge in [-0.15, -0.1) is 0 Å². The number of halogens is 2. The quantitative estimate of drug-likeness (QED) is 0.647. The third-order valence-electron chi connectivity index (χ3n) is 2.57. The molecule has 0 aliphatic rings. The standard InChI is InChI=1S/C12H17BrClN3/c1-8(12(15)16)6-17(2)7-9-3-4-10(13)5-11(9)14/h3-5,8H,6-7H2,1-2H3,(H3,15,16). The molecule has 1 atom stereocenters. The lowest BCUT2D eigenvalue weighted by atomic mass is 10.1. The van der Waals surface area contributed by atoms with Crippen LogP contribution < -0.4 is 5.73 Å². The highest BCUT2D eigenvalue weighted by atomic mass is 79.9. The van der Waals surface area contributed by atoms with Crippen LogP contribution in [-0.2, 0) is 6.54 Å². The molecule has 5 heteroatoms. The van der Waals surface area contributed by atoms with Crippen LogP contribution in [0.2, 0.25) is 5.02 Å². The van der Waals surface area contributed by atoms with Gasteiger partial charge < -0.3 is 10.6 Å². The molecule has 3 N–H and O–H groups in total. The lowest BCUT2D eigenvalue weighted by molar-refractivity contribution is 0.306. The van der Waals surface area contributed by atoms with Gasteiger partial charge >= 0.3 is 0 Å². The molecule has 17 heavy (non-hydrogen) atoms. The normalized spacial score (nSPS) is 12.8. The molecule has 0 aliphatic carbocycles. The Labute approximate surface area is 116 Å². The molecule has 0 amide bonds. The van der Waals surface area contributed by atoms with Crippen LogP contribution in [-0.4, -0.2) is 24.3 Å². The van der Waals surface area contributed by atoms with Gasteiger partial charge in [-0.2, -0.15) is 0 Å². The summed E-state index contributed by atoms with van der Waals surface area (Å²) >= 11 is 9.53. The summed E-state index contributed by atoms with van der Waals surface area (Å²) < 4.78 is 0.978. The molecule has 0 saturated carbocycles. The Kier molecular flexibility index (Phi) is 5.43. The van der Waals surface area contributed by atoms with Gasteiger partial charge in [-0.05, 0) is 24.7 Å². The van der Waals surface area contributed by atoms with Gasteiger partial charge in [0.25, 0.3) is 0 Å². The summed E-state index contributed by atoms with van der Waals surface area (Å²) in [6, 6.07) is 5.87. The monoisotopic (exact) mass is 317 g/mol. The average molecular weight is 319 g/mol. The molecule has 0 fully saturated rings. The first-order valence-corrected chi connectivity index (χ1v) is 6.53. The van der Waals surface area contributed by atoms with E-state index < -0.39 is 0 Å². The molecule has 3 nitrogen and oxygen atoms in total. The van der Waals surface area contributed by atoms with Crippen molar-refractivity contribution in [2.45, 2.75) is 13.5 Å². The number of hydrogen-bond donors (Lipinski definition) is 2. The first-order valence-electron chi connectivity index (χ1n) is 5.36. The Morgan fingerprint density at radius 1 is 1.59 bits per heavy atom. The molecule has 1 aromatic rings. The molecule has 1 rings (SSSR count). The third-order valence-corrected chi connectivity index (χ3v) is 3.42. The van der Waals surface area contributed by atoms with Crippen LogP contribution in [0.3, 0.4) is 0 Å². The zero-order chi connectivity index (χ0) is 13.0. The van der Waals surface area contributed by atoms with E-state index in [2.05, 4.69) is 20.8 Å². The Hall–Kier alpha value is -0.580. The van der Waals surface area contributed by atoms with Gasteiger partial charge in [0.2, 0.25) is 0 Å². The topological polar surface area (TPSA) is 53.1 Å². The lowest BCUT2D eigenvalue weighted by Gasteiger charge is -2.21. The minimum atomic E-state index is 0.0641. The minimum Gasteiger partial charge on any atom is -0.387 e. The smallest absolute Gasteiger partial charge is 0.0947 e. The van der Waals surface area contributed by atoms with Crippen molar-refractivity contribution in [3.05, 3.63) is 33.3 Å². The van der Waals surface area contributed by atoms with Crippen LogP contribution >= 0.6 is 27.5 Å². The number of nitrogens with two attached hydrogens (primary N) is 1. The molecule has 1 unspecified atom stereocenters. The Bertz CT molecular complexity index is 409. The summed E-state index contributed by atoms with van der Waals surface area (Å²) in [7, 11) is 2.00. The van der Waals surface area contributed by atoms with Crippen LogP contribution in [0.25, 0.3) is 0 Å². The zero-order valence-electron chi connectivity index (χ0n) is 10.0. The number of nitrogens with zero attached hydrogens (tertiary/aromatic N) is 1. The van der Waals surface area contributed by atoms with E-state index in [0.717, 1.165) is 28.1 Å². The van der Waals surface area contributed by atoms with Crippen molar-refractivity contribution in [3.63, 3.8) is 0 Å². The Morgan fingerprint density at radius 2 is 2.24 bits per heavy atom. The van der Waals surface area contributed by atoms with Crippen molar-refractivity contribution in [1.82, 2.24) is 4.90 Å². The van der Waals surface area contributed by atoms with Gasteiger partial charge in [0, 0.05) is 28.5 Å². The maximum Gasteiger partial charge on any atom is 0.0947 e. The van der Waals surface area contributed by atoms with Gasteiger partial charge in [0.1, 0.15) is 0 Å². The second-order valence-electron chi connectivity index (χ2n) is 4.29. The lowest BCUT2D eigenvalue weighted by Crippen LogP contribution is -2.31. The van der Waals surface area contributed by atoms with Crippen LogP contribution in [0.5, 0.6) is 0 Å². The SMILES string of the molecule is CC(CN(C)Cc1ccc(Br)cc1Cl)C(=N)N. The summed E-state index contributed by atoms with van der Waals surface area (Å²) in [4.78, 5) is 2.11. The maximum atomic E-state index is 7.36. The second-order valence-corrected chi connectivity index (χ2v) is 5.61. The van der Waals surface area contributed by atoms with Gasteiger partial charge in [0.05, 0.1) is 5.84 Å². The van der Waals surface area contributed by atoms with Crippen LogP contribution in [0.4, 0.5) is 0 Å². The maximum absolute atomic E-state index is 7.36. The second kappa shape index (κ2) is 6.38. The number of hydrogen-bond acceptors (Lipinski definition) is 2. The average Bonchev–Trinajstić information content (AvgIpc) is 2.22. The third kappa shape index (κ3) is 4.66.